The van der Waals surface area contributed by atoms with Crippen LogP contribution in [-0.4, -0.2) is 5.60 Å². The molecule has 1 aromatic carbocycles. The number of anilines is 1. The molecule has 0 aliphatic carbocycles. The molecule has 1 aliphatic heterocycles. The van der Waals surface area contributed by atoms with E-state index in [-0.39, 0.29) is 5.60 Å². The van der Waals surface area contributed by atoms with Gasteiger partial charge in [0.15, 0.2) is 0 Å². The van der Waals surface area contributed by atoms with E-state index in [2.05, 4.69) is 54.2 Å². The Hall–Kier alpha value is -1.48. The summed E-state index contributed by atoms with van der Waals surface area (Å²) < 4.78 is 6.03. The highest BCUT2D eigenvalue weighted by Gasteiger charge is 2.33. The van der Waals surface area contributed by atoms with Gasteiger partial charge in [0.1, 0.15) is 11.4 Å². The van der Waals surface area contributed by atoms with E-state index in [1.807, 2.05) is 6.07 Å². The van der Waals surface area contributed by atoms with Crippen LogP contribution in [0.3, 0.4) is 0 Å². The molecule has 18 heavy (non-hydrogen) atoms. The molecule has 1 N–H and O–H groups in total. The Morgan fingerprint density at radius 3 is 2.89 bits per heavy atom. The zero-order valence-electron chi connectivity index (χ0n) is 10.6. The fraction of sp³-hybridized carbons (Fsp3) is 0.333. The number of benzene rings is 1. The molecule has 94 valence electrons. The van der Waals surface area contributed by atoms with Crippen molar-refractivity contribution in [3.05, 3.63) is 46.7 Å². The summed E-state index contributed by atoms with van der Waals surface area (Å²) in [6, 6.07) is 10.7. The normalized spacial score (nSPS) is 20.9. The van der Waals surface area contributed by atoms with Crippen molar-refractivity contribution >= 4 is 17.0 Å². The summed E-state index contributed by atoms with van der Waals surface area (Å²) in [5.74, 6) is 1.00. The van der Waals surface area contributed by atoms with Crippen molar-refractivity contribution in [1.82, 2.24) is 0 Å². The van der Waals surface area contributed by atoms with Gasteiger partial charge in [-0.1, -0.05) is 18.2 Å². The highest BCUT2D eigenvalue weighted by molar-refractivity contribution is 7.08. The van der Waals surface area contributed by atoms with Gasteiger partial charge in [0.2, 0.25) is 0 Å². The van der Waals surface area contributed by atoms with Crippen LogP contribution in [0.1, 0.15) is 31.9 Å². The first-order valence-electron chi connectivity index (χ1n) is 6.21. The Kier molecular flexibility index (Phi) is 2.78. The van der Waals surface area contributed by atoms with Gasteiger partial charge in [-0.05, 0) is 31.4 Å². The zero-order valence-corrected chi connectivity index (χ0v) is 11.5. The molecule has 0 saturated carbocycles. The molecule has 2 aromatic rings. The SMILES string of the molecule is CC1(C)CC(Nc2ccsc2)c2ccccc2O1. The van der Waals surface area contributed by atoms with Crippen LogP contribution in [0.15, 0.2) is 41.1 Å². The van der Waals surface area contributed by atoms with Gasteiger partial charge in [-0.15, -0.1) is 0 Å². The maximum atomic E-state index is 6.03. The molecule has 1 aliphatic rings. The number of rotatable bonds is 2. The fourth-order valence-electron chi connectivity index (χ4n) is 2.48. The number of hydrogen-bond donors (Lipinski definition) is 1. The predicted molar refractivity (Wildman–Crippen MR) is 76.4 cm³/mol. The minimum absolute atomic E-state index is 0.123. The van der Waals surface area contributed by atoms with Crippen LogP contribution in [-0.2, 0) is 0 Å². The van der Waals surface area contributed by atoms with Gasteiger partial charge in [-0.2, -0.15) is 11.3 Å². The van der Waals surface area contributed by atoms with Crippen LogP contribution in [0, 0.1) is 0 Å². The fourth-order valence-corrected chi connectivity index (χ4v) is 3.08. The third kappa shape index (κ3) is 2.23. The second-order valence-electron chi connectivity index (χ2n) is 5.31. The smallest absolute Gasteiger partial charge is 0.125 e. The summed E-state index contributed by atoms with van der Waals surface area (Å²) >= 11 is 1.72. The van der Waals surface area contributed by atoms with Crippen LogP contribution in [0.2, 0.25) is 0 Å². The maximum Gasteiger partial charge on any atom is 0.125 e. The van der Waals surface area contributed by atoms with Crippen LogP contribution in [0.4, 0.5) is 5.69 Å². The van der Waals surface area contributed by atoms with Crippen molar-refractivity contribution in [3.63, 3.8) is 0 Å². The molecule has 3 heteroatoms. The third-order valence-electron chi connectivity index (χ3n) is 3.24. The number of hydrogen-bond acceptors (Lipinski definition) is 3. The van der Waals surface area contributed by atoms with Gasteiger partial charge < -0.3 is 10.1 Å². The molecule has 0 fully saturated rings. The van der Waals surface area contributed by atoms with Crippen LogP contribution in [0.25, 0.3) is 0 Å². The summed E-state index contributed by atoms with van der Waals surface area (Å²) in [5, 5.41) is 7.84. The summed E-state index contributed by atoms with van der Waals surface area (Å²) in [6.45, 7) is 4.29. The molecule has 2 heterocycles. The summed E-state index contributed by atoms with van der Waals surface area (Å²) in [4.78, 5) is 0. The van der Waals surface area contributed by atoms with Gasteiger partial charge in [0, 0.05) is 23.1 Å². The van der Waals surface area contributed by atoms with Gasteiger partial charge in [0.05, 0.1) is 6.04 Å². The number of para-hydroxylation sites is 1. The maximum absolute atomic E-state index is 6.03. The second-order valence-corrected chi connectivity index (χ2v) is 6.09. The van der Waals surface area contributed by atoms with Gasteiger partial charge in [0.25, 0.3) is 0 Å². The quantitative estimate of drug-likeness (QED) is 0.859. The van der Waals surface area contributed by atoms with Crippen molar-refractivity contribution in [1.29, 1.82) is 0 Å². The lowest BCUT2D eigenvalue weighted by atomic mass is 9.89. The number of thiophene rings is 1. The molecule has 0 bridgehead atoms. The van der Waals surface area contributed by atoms with E-state index in [1.54, 1.807) is 11.3 Å². The van der Waals surface area contributed by atoms with E-state index in [1.165, 1.54) is 11.3 Å². The Bertz CT molecular complexity index is 533. The Balaban J connectivity index is 1.94. The molecular weight excluding hydrogens is 242 g/mol. The molecule has 1 unspecified atom stereocenters. The van der Waals surface area contributed by atoms with Crippen molar-refractivity contribution in [2.24, 2.45) is 0 Å². The molecule has 1 atom stereocenters. The lowest BCUT2D eigenvalue weighted by molar-refractivity contribution is 0.0759. The van der Waals surface area contributed by atoms with E-state index in [0.717, 1.165) is 12.2 Å². The molecular formula is C15H17NOS. The van der Waals surface area contributed by atoms with Crippen LogP contribution >= 0.6 is 11.3 Å². The molecule has 3 rings (SSSR count). The summed E-state index contributed by atoms with van der Waals surface area (Å²) in [5.41, 5.74) is 2.32. The molecule has 0 spiro atoms. The molecule has 0 amide bonds. The van der Waals surface area contributed by atoms with Crippen LogP contribution in [0.5, 0.6) is 5.75 Å². The Morgan fingerprint density at radius 1 is 1.28 bits per heavy atom. The monoisotopic (exact) mass is 259 g/mol. The lowest BCUT2D eigenvalue weighted by Gasteiger charge is -2.38. The number of ether oxygens (including phenoxy) is 1. The highest BCUT2D eigenvalue weighted by atomic mass is 32.1. The van der Waals surface area contributed by atoms with Gasteiger partial charge >= 0.3 is 0 Å². The largest absolute Gasteiger partial charge is 0.487 e. The third-order valence-corrected chi connectivity index (χ3v) is 3.92. The first-order valence-corrected chi connectivity index (χ1v) is 7.15. The number of fused-ring (bicyclic) bond motifs is 1. The minimum atomic E-state index is -0.123. The van der Waals surface area contributed by atoms with E-state index in [4.69, 9.17) is 4.74 Å². The van der Waals surface area contributed by atoms with E-state index >= 15 is 0 Å². The van der Waals surface area contributed by atoms with Crippen molar-refractivity contribution in [2.75, 3.05) is 5.32 Å². The lowest BCUT2D eigenvalue weighted by Crippen LogP contribution is -2.36. The van der Waals surface area contributed by atoms with E-state index in [0.29, 0.717) is 6.04 Å². The molecule has 1 aromatic heterocycles. The zero-order chi connectivity index (χ0) is 12.6. The molecule has 2 nitrogen and oxygen atoms in total. The van der Waals surface area contributed by atoms with Crippen molar-refractivity contribution in [2.45, 2.75) is 31.9 Å². The average molecular weight is 259 g/mol. The standard InChI is InChI=1S/C15H17NOS/c1-15(2)9-13(16-11-7-8-18-10-11)12-5-3-4-6-14(12)17-15/h3-8,10,13,16H,9H2,1-2H3. The van der Waals surface area contributed by atoms with Crippen LogP contribution < -0.4 is 10.1 Å². The van der Waals surface area contributed by atoms with Crippen molar-refractivity contribution < 1.29 is 4.74 Å². The predicted octanol–water partition coefficient (Wildman–Crippen LogP) is 4.46. The highest BCUT2D eigenvalue weighted by Crippen LogP contribution is 2.40. The van der Waals surface area contributed by atoms with Gasteiger partial charge in [-0.25, -0.2) is 0 Å². The Morgan fingerprint density at radius 2 is 2.11 bits per heavy atom. The second kappa shape index (κ2) is 4.32. The first kappa shape index (κ1) is 11.6. The molecule has 0 saturated heterocycles. The first-order chi connectivity index (χ1) is 8.64. The topological polar surface area (TPSA) is 21.3 Å². The van der Waals surface area contributed by atoms with Crippen molar-refractivity contribution in [3.8, 4) is 5.75 Å². The van der Waals surface area contributed by atoms with Gasteiger partial charge in [-0.3, -0.25) is 0 Å². The molecule has 0 radical (unpaired) electrons. The minimum Gasteiger partial charge on any atom is -0.487 e. The average Bonchev–Trinajstić information content (AvgIpc) is 2.80. The summed E-state index contributed by atoms with van der Waals surface area (Å²) in [7, 11) is 0. The van der Waals surface area contributed by atoms with E-state index < -0.39 is 0 Å². The summed E-state index contributed by atoms with van der Waals surface area (Å²) in [6.07, 6.45) is 0.972. The number of nitrogens with one attached hydrogen (secondary N) is 1. The Labute approximate surface area is 112 Å². The van der Waals surface area contributed by atoms with E-state index in [9.17, 15) is 0 Å².